The number of benzene rings is 1. The fourth-order valence-electron chi connectivity index (χ4n) is 4.60. The van der Waals surface area contributed by atoms with Gasteiger partial charge in [0.05, 0.1) is 0 Å². The Morgan fingerprint density at radius 3 is 2.38 bits per heavy atom. The van der Waals surface area contributed by atoms with Crippen LogP contribution in [0.3, 0.4) is 0 Å². The van der Waals surface area contributed by atoms with Crippen molar-refractivity contribution in [3.05, 3.63) is 35.9 Å². The smallest absolute Gasteiger partial charge is 0.420 e. The summed E-state index contributed by atoms with van der Waals surface area (Å²) in [6.07, 6.45) is -0.368. The van der Waals surface area contributed by atoms with E-state index in [0.29, 0.717) is 17.4 Å². The molecule has 0 radical (unpaired) electrons. The molecule has 1 saturated heterocycles. The van der Waals surface area contributed by atoms with Gasteiger partial charge in [0.1, 0.15) is 17.7 Å². The normalized spacial score (nSPS) is 28.4. The quantitative estimate of drug-likeness (QED) is 0.450. The number of hydrogen-bond acceptors (Lipinski definition) is 6. The Labute approximate surface area is 190 Å². The third kappa shape index (κ3) is 5.43. The summed E-state index contributed by atoms with van der Waals surface area (Å²) in [5.74, 6) is 0.458. The molecule has 2 aliphatic rings. The number of rotatable bonds is 4. The first-order chi connectivity index (χ1) is 15.0. The van der Waals surface area contributed by atoms with Gasteiger partial charge >= 0.3 is 18.2 Å². The minimum atomic E-state index is -1.25. The number of amides is 2. The second-order valence-electron chi connectivity index (χ2n) is 10.3. The lowest BCUT2D eigenvalue weighted by Gasteiger charge is -2.37. The Hall–Kier alpha value is -2.57. The number of hydrogen-bond donors (Lipinski definition) is 0. The Balaban J connectivity index is 1.87. The van der Waals surface area contributed by atoms with Crippen LogP contribution in [0, 0.1) is 17.8 Å². The molecular weight excluding hydrogens is 410 g/mol. The maximum Gasteiger partial charge on any atom is 0.420 e. The summed E-state index contributed by atoms with van der Waals surface area (Å²) in [6, 6.07) is 7.94. The van der Waals surface area contributed by atoms with Crippen LogP contribution < -0.4 is 0 Å². The molecule has 32 heavy (non-hydrogen) atoms. The van der Waals surface area contributed by atoms with Gasteiger partial charge in [0.25, 0.3) is 0 Å². The lowest BCUT2D eigenvalue weighted by Crippen LogP contribution is -2.42. The van der Waals surface area contributed by atoms with E-state index < -0.39 is 35.9 Å². The van der Waals surface area contributed by atoms with Crippen LogP contribution in [0.1, 0.15) is 72.4 Å². The van der Waals surface area contributed by atoms with Crippen molar-refractivity contribution in [1.82, 2.24) is 4.90 Å². The van der Waals surface area contributed by atoms with Gasteiger partial charge in [0.2, 0.25) is 6.10 Å². The Morgan fingerprint density at radius 1 is 1.12 bits per heavy atom. The molecule has 3 rings (SSSR count). The highest BCUT2D eigenvalue weighted by Gasteiger charge is 2.52. The first-order valence-electron chi connectivity index (χ1n) is 11.5. The number of carbonyl (C=O) groups is 3. The van der Waals surface area contributed by atoms with Crippen molar-refractivity contribution in [2.75, 3.05) is 0 Å². The van der Waals surface area contributed by atoms with Gasteiger partial charge in [-0.3, -0.25) is 0 Å². The summed E-state index contributed by atoms with van der Waals surface area (Å²) >= 11 is 0. The zero-order valence-corrected chi connectivity index (χ0v) is 19.9. The van der Waals surface area contributed by atoms with E-state index in [2.05, 4.69) is 20.8 Å². The van der Waals surface area contributed by atoms with Crippen molar-refractivity contribution in [2.45, 2.75) is 84.7 Å². The van der Waals surface area contributed by atoms with E-state index in [-0.39, 0.29) is 12.0 Å². The zero-order chi connectivity index (χ0) is 23.6. The first-order valence-corrected chi connectivity index (χ1v) is 11.5. The molecule has 0 aromatic heterocycles. The van der Waals surface area contributed by atoms with Crippen LogP contribution in [-0.4, -0.2) is 40.9 Å². The molecule has 1 saturated carbocycles. The van der Waals surface area contributed by atoms with E-state index in [9.17, 15) is 14.4 Å². The Morgan fingerprint density at radius 2 is 1.78 bits per heavy atom. The van der Waals surface area contributed by atoms with Crippen molar-refractivity contribution in [2.24, 2.45) is 17.8 Å². The third-order valence-electron chi connectivity index (χ3n) is 6.18. The molecule has 176 valence electrons. The molecule has 1 aromatic carbocycles. The molecule has 1 aliphatic carbocycles. The van der Waals surface area contributed by atoms with Gasteiger partial charge in [-0.25, -0.2) is 19.3 Å². The molecule has 1 aromatic rings. The molecule has 2 unspecified atom stereocenters. The highest BCUT2D eigenvalue weighted by Crippen LogP contribution is 2.39. The van der Waals surface area contributed by atoms with E-state index in [1.165, 1.54) is 0 Å². The highest BCUT2D eigenvalue weighted by molar-refractivity contribution is 5.94. The maximum atomic E-state index is 13.3. The minimum absolute atomic E-state index is 0.239. The maximum absolute atomic E-state index is 13.3. The van der Waals surface area contributed by atoms with Crippen LogP contribution in [0.25, 0.3) is 0 Å². The van der Waals surface area contributed by atoms with E-state index >= 15 is 0 Å². The topological polar surface area (TPSA) is 82.1 Å². The summed E-state index contributed by atoms with van der Waals surface area (Å²) in [6.45, 7) is 11.6. The molecule has 0 spiro atoms. The van der Waals surface area contributed by atoms with Crippen molar-refractivity contribution < 1.29 is 28.6 Å². The van der Waals surface area contributed by atoms with Gasteiger partial charge in [-0.1, -0.05) is 57.5 Å². The Bertz CT molecular complexity index is 831. The number of ether oxygens (including phenoxy) is 3. The number of imide groups is 1. The summed E-state index contributed by atoms with van der Waals surface area (Å²) in [5, 5.41) is 0. The molecule has 7 heteroatoms. The van der Waals surface area contributed by atoms with Crippen LogP contribution >= 0.6 is 0 Å². The predicted octanol–water partition coefficient (Wildman–Crippen LogP) is 5.49. The predicted molar refractivity (Wildman–Crippen MR) is 119 cm³/mol. The third-order valence-corrected chi connectivity index (χ3v) is 6.18. The average Bonchev–Trinajstić information content (AvgIpc) is 3.04. The molecule has 7 nitrogen and oxygen atoms in total. The summed E-state index contributed by atoms with van der Waals surface area (Å²) < 4.78 is 16.8. The van der Waals surface area contributed by atoms with Gasteiger partial charge in [-0.05, 0) is 56.9 Å². The molecule has 1 aliphatic heterocycles. The molecular formula is C25H35NO6. The summed E-state index contributed by atoms with van der Waals surface area (Å²) in [5.41, 5.74) is -0.205. The van der Waals surface area contributed by atoms with Crippen LogP contribution in [0.5, 0.6) is 0 Å². The SMILES string of the molecule is CC1CC[C@H](C(C)C)C(OC(=O)[C@@H]2OC(=O)N(C(=O)OC(C)(C)C)[C@@H]2c2ccccc2)C1. The molecule has 2 fully saturated rings. The van der Waals surface area contributed by atoms with Gasteiger partial charge < -0.3 is 14.2 Å². The molecule has 2 amide bonds. The zero-order valence-electron chi connectivity index (χ0n) is 19.9. The van der Waals surface area contributed by atoms with E-state index in [0.717, 1.165) is 24.2 Å². The Kier molecular flexibility index (Phi) is 7.16. The highest BCUT2D eigenvalue weighted by atomic mass is 16.6. The van der Waals surface area contributed by atoms with Crippen LogP contribution in [0.4, 0.5) is 9.59 Å². The van der Waals surface area contributed by atoms with Crippen molar-refractivity contribution in [3.63, 3.8) is 0 Å². The fourth-order valence-corrected chi connectivity index (χ4v) is 4.60. The van der Waals surface area contributed by atoms with Crippen molar-refractivity contribution in [3.8, 4) is 0 Å². The lowest BCUT2D eigenvalue weighted by molar-refractivity contribution is -0.165. The molecule has 5 atom stereocenters. The summed E-state index contributed by atoms with van der Waals surface area (Å²) in [7, 11) is 0. The lowest BCUT2D eigenvalue weighted by atomic mass is 9.75. The van der Waals surface area contributed by atoms with Crippen LogP contribution in [0.15, 0.2) is 30.3 Å². The van der Waals surface area contributed by atoms with Gasteiger partial charge in [-0.2, -0.15) is 0 Å². The van der Waals surface area contributed by atoms with E-state index in [1.54, 1.807) is 45.0 Å². The second kappa shape index (κ2) is 9.51. The molecule has 1 heterocycles. The summed E-state index contributed by atoms with van der Waals surface area (Å²) in [4.78, 5) is 39.7. The number of carbonyl (C=O) groups excluding carboxylic acids is 3. The molecule has 0 bridgehead atoms. The average molecular weight is 446 g/mol. The number of esters is 1. The van der Waals surface area contributed by atoms with Gasteiger partial charge in [0, 0.05) is 0 Å². The number of cyclic esters (lactones) is 1. The monoisotopic (exact) mass is 445 g/mol. The van der Waals surface area contributed by atoms with Crippen LogP contribution in [0.2, 0.25) is 0 Å². The fraction of sp³-hybridized carbons (Fsp3) is 0.640. The van der Waals surface area contributed by atoms with Crippen LogP contribution in [-0.2, 0) is 19.0 Å². The minimum Gasteiger partial charge on any atom is -0.459 e. The van der Waals surface area contributed by atoms with Gasteiger partial charge in [-0.15, -0.1) is 0 Å². The van der Waals surface area contributed by atoms with E-state index in [1.807, 2.05) is 6.07 Å². The standard InChI is InChI=1S/C25H35NO6/c1-15(2)18-13-12-16(3)14-19(18)30-22(27)21-20(17-10-8-7-9-11-17)26(23(28)31-21)24(29)32-25(4,5)6/h7-11,15-16,18-21H,12-14H2,1-6H3/t16?,18-,19?,20-,21-/m1/s1. The van der Waals surface area contributed by atoms with Crippen molar-refractivity contribution in [1.29, 1.82) is 0 Å². The second-order valence-corrected chi connectivity index (χ2v) is 10.3. The molecule has 0 N–H and O–H groups in total. The number of nitrogens with zero attached hydrogens (tertiary/aromatic N) is 1. The van der Waals surface area contributed by atoms with E-state index in [4.69, 9.17) is 14.2 Å². The van der Waals surface area contributed by atoms with Crippen molar-refractivity contribution >= 4 is 18.2 Å². The van der Waals surface area contributed by atoms with Gasteiger partial charge in [0.15, 0.2) is 0 Å². The first kappa shape index (κ1) is 24.1. The largest absolute Gasteiger partial charge is 0.459 e.